The fourth-order valence-corrected chi connectivity index (χ4v) is 2.40. The summed E-state index contributed by atoms with van der Waals surface area (Å²) < 4.78 is 11.4. The molecule has 0 unspecified atom stereocenters. The molecule has 0 aliphatic rings. The van der Waals surface area contributed by atoms with Crippen LogP contribution in [0.1, 0.15) is 31.9 Å². The summed E-state index contributed by atoms with van der Waals surface area (Å²) in [5.41, 5.74) is 2.16. The first-order chi connectivity index (χ1) is 12.4. The number of nitrogens with one attached hydrogen (secondary N) is 2. The lowest BCUT2D eigenvalue weighted by Crippen LogP contribution is -2.47. The van der Waals surface area contributed by atoms with Crippen molar-refractivity contribution < 1.29 is 9.47 Å². The minimum absolute atomic E-state index is 0.0470. The molecule has 2 aromatic rings. The third kappa shape index (κ3) is 6.31. The van der Waals surface area contributed by atoms with Gasteiger partial charge in [0.15, 0.2) is 17.5 Å². The second kappa shape index (κ2) is 9.13. The van der Waals surface area contributed by atoms with Gasteiger partial charge in [-0.25, -0.2) is 0 Å². The second-order valence-electron chi connectivity index (χ2n) is 7.06. The van der Waals surface area contributed by atoms with Gasteiger partial charge in [-0.15, -0.1) is 0 Å². The minimum atomic E-state index is -0.0470. The summed E-state index contributed by atoms with van der Waals surface area (Å²) in [5.74, 6) is 2.22. The smallest absolute Gasteiger partial charge is 0.191 e. The molecule has 0 heterocycles. The van der Waals surface area contributed by atoms with Crippen LogP contribution >= 0.6 is 0 Å². The van der Waals surface area contributed by atoms with E-state index in [-0.39, 0.29) is 5.54 Å². The molecule has 0 aliphatic carbocycles. The molecule has 0 atom stereocenters. The standard InChI is InChI=1S/C21H29N3O2/c1-21(2,3)24-20(22-4)23-14-17-11-12-18(19(13-17)25-5)26-15-16-9-7-6-8-10-16/h6-13H,14-15H2,1-5H3,(H2,22,23,24). The van der Waals surface area contributed by atoms with Crippen molar-refractivity contribution in [1.29, 1.82) is 0 Å². The number of nitrogens with zero attached hydrogens (tertiary/aromatic N) is 1. The van der Waals surface area contributed by atoms with Gasteiger partial charge in [-0.05, 0) is 44.0 Å². The van der Waals surface area contributed by atoms with Crippen LogP contribution in [0.4, 0.5) is 0 Å². The van der Waals surface area contributed by atoms with Crippen molar-refractivity contribution in [2.75, 3.05) is 14.2 Å². The van der Waals surface area contributed by atoms with Crippen LogP contribution in [0.15, 0.2) is 53.5 Å². The quantitative estimate of drug-likeness (QED) is 0.612. The molecule has 0 radical (unpaired) electrons. The minimum Gasteiger partial charge on any atom is -0.493 e. The summed E-state index contributed by atoms with van der Waals surface area (Å²) in [6.07, 6.45) is 0. The molecule has 140 valence electrons. The maximum Gasteiger partial charge on any atom is 0.191 e. The molecule has 0 fully saturated rings. The molecule has 0 saturated heterocycles. The lowest BCUT2D eigenvalue weighted by Gasteiger charge is -2.23. The van der Waals surface area contributed by atoms with Crippen LogP contribution < -0.4 is 20.1 Å². The Labute approximate surface area is 156 Å². The number of hydrogen-bond acceptors (Lipinski definition) is 3. The lowest BCUT2D eigenvalue weighted by molar-refractivity contribution is 0.284. The van der Waals surface area contributed by atoms with Crippen LogP contribution in [-0.2, 0) is 13.2 Å². The molecule has 0 amide bonds. The molecule has 0 aromatic heterocycles. The Hall–Kier alpha value is -2.69. The first-order valence-corrected chi connectivity index (χ1v) is 8.74. The van der Waals surface area contributed by atoms with Gasteiger partial charge in [0.05, 0.1) is 7.11 Å². The van der Waals surface area contributed by atoms with Crippen molar-refractivity contribution in [3.05, 3.63) is 59.7 Å². The topological polar surface area (TPSA) is 54.9 Å². The van der Waals surface area contributed by atoms with Crippen LogP contribution in [0.5, 0.6) is 11.5 Å². The monoisotopic (exact) mass is 355 g/mol. The van der Waals surface area contributed by atoms with Crippen molar-refractivity contribution in [3.8, 4) is 11.5 Å². The summed E-state index contributed by atoms with van der Waals surface area (Å²) in [5, 5.41) is 6.65. The van der Waals surface area contributed by atoms with E-state index in [0.717, 1.165) is 28.6 Å². The van der Waals surface area contributed by atoms with E-state index >= 15 is 0 Å². The number of methoxy groups -OCH3 is 1. The highest BCUT2D eigenvalue weighted by Crippen LogP contribution is 2.28. The van der Waals surface area contributed by atoms with Crippen molar-refractivity contribution in [1.82, 2.24) is 10.6 Å². The first-order valence-electron chi connectivity index (χ1n) is 8.74. The third-order valence-electron chi connectivity index (χ3n) is 3.64. The van der Waals surface area contributed by atoms with E-state index in [1.807, 2.05) is 48.5 Å². The van der Waals surface area contributed by atoms with Crippen LogP contribution in [-0.4, -0.2) is 25.7 Å². The van der Waals surface area contributed by atoms with Gasteiger partial charge in [0.25, 0.3) is 0 Å². The van der Waals surface area contributed by atoms with Gasteiger partial charge in [0.1, 0.15) is 6.61 Å². The predicted octanol–water partition coefficient (Wildman–Crippen LogP) is 3.74. The van der Waals surface area contributed by atoms with Gasteiger partial charge in [0, 0.05) is 19.1 Å². The average molecular weight is 355 g/mol. The van der Waals surface area contributed by atoms with Crippen LogP contribution in [0.2, 0.25) is 0 Å². The largest absolute Gasteiger partial charge is 0.493 e. The highest BCUT2D eigenvalue weighted by atomic mass is 16.5. The molecule has 5 heteroatoms. The highest BCUT2D eigenvalue weighted by molar-refractivity contribution is 5.80. The number of hydrogen-bond donors (Lipinski definition) is 2. The van der Waals surface area contributed by atoms with Crippen molar-refractivity contribution in [2.24, 2.45) is 4.99 Å². The average Bonchev–Trinajstić information content (AvgIpc) is 2.63. The zero-order valence-corrected chi connectivity index (χ0v) is 16.3. The molecule has 2 aromatic carbocycles. The molecular formula is C21H29N3O2. The summed E-state index contributed by atoms with van der Waals surface area (Å²) in [4.78, 5) is 4.25. The fourth-order valence-electron chi connectivity index (χ4n) is 2.40. The molecule has 0 saturated carbocycles. The Balaban J connectivity index is 1.99. The molecule has 26 heavy (non-hydrogen) atoms. The summed E-state index contributed by atoms with van der Waals surface area (Å²) >= 11 is 0. The Morgan fingerprint density at radius 2 is 1.73 bits per heavy atom. The van der Waals surface area contributed by atoms with Crippen LogP contribution in [0.25, 0.3) is 0 Å². The Bertz CT molecular complexity index is 722. The maximum atomic E-state index is 5.90. The zero-order valence-electron chi connectivity index (χ0n) is 16.3. The molecule has 0 spiro atoms. The molecule has 5 nitrogen and oxygen atoms in total. The summed E-state index contributed by atoms with van der Waals surface area (Å²) in [6, 6.07) is 16.0. The van der Waals surface area contributed by atoms with Gasteiger partial charge in [-0.2, -0.15) is 0 Å². The summed E-state index contributed by atoms with van der Waals surface area (Å²) in [7, 11) is 3.42. The molecule has 0 aliphatic heterocycles. The van der Waals surface area contributed by atoms with Crippen molar-refractivity contribution in [3.63, 3.8) is 0 Å². The molecule has 0 bridgehead atoms. The summed E-state index contributed by atoms with van der Waals surface area (Å²) in [6.45, 7) is 7.45. The van der Waals surface area contributed by atoms with E-state index in [1.54, 1.807) is 14.2 Å². The number of guanidine groups is 1. The van der Waals surface area contributed by atoms with Crippen molar-refractivity contribution >= 4 is 5.96 Å². The van der Waals surface area contributed by atoms with Crippen molar-refractivity contribution in [2.45, 2.75) is 39.5 Å². The third-order valence-corrected chi connectivity index (χ3v) is 3.64. The first kappa shape index (κ1) is 19.6. The highest BCUT2D eigenvalue weighted by Gasteiger charge is 2.12. The van der Waals surface area contributed by atoms with E-state index in [9.17, 15) is 0 Å². The van der Waals surface area contributed by atoms with Gasteiger partial charge in [-0.1, -0.05) is 36.4 Å². The SMILES string of the molecule is CN=C(NCc1ccc(OCc2ccccc2)c(OC)c1)NC(C)(C)C. The van der Waals surface area contributed by atoms with Gasteiger partial charge in [0.2, 0.25) is 0 Å². The molecule has 2 N–H and O–H groups in total. The van der Waals surface area contributed by atoms with Crippen LogP contribution in [0, 0.1) is 0 Å². The molecule has 2 rings (SSSR count). The number of ether oxygens (including phenoxy) is 2. The van der Waals surface area contributed by atoms with E-state index in [0.29, 0.717) is 13.2 Å². The van der Waals surface area contributed by atoms with Crippen LogP contribution in [0.3, 0.4) is 0 Å². The maximum absolute atomic E-state index is 5.90. The van der Waals surface area contributed by atoms with Gasteiger partial charge in [-0.3, -0.25) is 4.99 Å². The number of benzene rings is 2. The second-order valence-corrected chi connectivity index (χ2v) is 7.06. The van der Waals surface area contributed by atoms with E-state index in [2.05, 4.69) is 36.4 Å². The lowest BCUT2D eigenvalue weighted by atomic mass is 10.1. The molecular weight excluding hydrogens is 326 g/mol. The normalized spacial score (nSPS) is 11.8. The van der Waals surface area contributed by atoms with Gasteiger partial charge >= 0.3 is 0 Å². The van der Waals surface area contributed by atoms with E-state index < -0.39 is 0 Å². The Morgan fingerprint density at radius 3 is 2.35 bits per heavy atom. The predicted molar refractivity (Wildman–Crippen MR) is 107 cm³/mol. The van der Waals surface area contributed by atoms with E-state index in [4.69, 9.17) is 9.47 Å². The van der Waals surface area contributed by atoms with Gasteiger partial charge < -0.3 is 20.1 Å². The fraction of sp³-hybridized carbons (Fsp3) is 0.381. The Kier molecular flexibility index (Phi) is 6.89. The van der Waals surface area contributed by atoms with E-state index in [1.165, 1.54) is 0 Å². The number of aliphatic imine (C=N–C) groups is 1. The Morgan fingerprint density at radius 1 is 1.00 bits per heavy atom. The zero-order chi connectivity index (χ0) is 19.0. The number of rotatable bonds is 6.